The Morgan fingerprint density at radius 2 is 1.91 bits per heavy atom. The van der Waals surface area contributed by atoms with Gasteiger partial charge in [0, 0.05) is 61.1 Å². The highest BCUT2D eigenvalue weighted by Crippen LogP contribution is 2.35. The van der Waals surface area contributed by atoms with Crippen LogP contribution in [0.25, 0.3) is 22.2 Å². The summed E-state index contributed by atoms with van der Waals surface area (Å²) in [6, 6.07) is 9.91. The first-order valence-electron chi connectivity index (χ1n) is 10.9. The van der Waals surface area contributed by atoms with Crippen LogP contribution in [0.3, 0.4) is 0 Å². The van der Waals surface area contributed by atoms with Crippen molar-refractivity contribution in [2.75, 3.05) is 13.2 Å². The number of aliphatic hydroxyl groups is 2. The van der Waals surface area contributed by atoms with Gasteiger partial charge in [0.1, 0.15) is 17.9 Å². The van der Waals surface area contributed by atoms with Gasteiger partial charge in [-0.25, -0.2) is 4.98 Å². The summed E-state index contributed by atoms with van der Waals surface area (Å²) in [7, 11) is 1.92. The van der Waals surface area contributed by atoms with E-state index in [1.807, 2.05) is 42.9 Å². The van der Waals surface area contributed by atoms with Gasteiger partial charge in [-0.3, -0.25) is 9.67 Å². The van der Waals surface area contributed by atoms with Crippen molar-refractivity contribution < 1.29 is 14.9 Å². The number of hydrogen-bond acceptors (Lipinski definition) is 6. The van der Waals surface area contributed by atoms with Gasteiger partial charge >= 0.3 is 0 Å². The number of ether oxygens (including phenoxy) is 1. The fourth-order valence-electron chi connectivity index (χ4n) is 4.21. The lowest BCUT2D eigenvalue weighted by molar-refractivity contribution is 0.240. The van der Waals surface area contributed by atoms with Gasteiger partial charge in [0.15, 0.2) is 0 Å². The number of fused-ring (bicyclic) bond motifs is 1. The van der Waals surface area contributed by atoms with E-state index in [9.17, 15) is 10.2 Å². The highest BCUT2D eigenvalue weighted by atomic mass is 35.5. The maximum Gasteiger partial charge on any atom is 0.146 e. The standard InChI is InChI=1S/C25H27ClN4O3/c1-16-12-19(23-6-9-28-30(23)2)18-4-3-5-24(25(18)29-16)33-15-21-20(13-27-14-22(21)26)17(7-10-31)8-11-32/h3-6,9,12-14,17,31-32H,7-8,10-11,15H2,1-2H3. The predicted molar refractivity (Wildman–Crippen MR) is 128 cm³/mol. The van der Waals surface area contributed by atoms with Crippen molar-refractivity contribution in [1.82, 2.24) is 19.7 Å². The van der Waals surface area contributed by atoms with Gasteiger partial charge in [0.05, 0.1) is 10.7 Å². The van der Waals surface area contributed by atoms with Crippen LogP contribution in [-0.2, 0) is 13.7 Å². The molecule has 0 saturated heterocycles. The molecule has 0 aliphatic rings. The van der Waals surface area contributed by atoms with Gasteiger partial charge < -0.3 is 14.9 Å². The molecular formula is C25H27ClN4O3. The summed E-state index contributed by atoms with van der Waals surface area (Å²) < 4.78 is 8.11. The molecule has 0 radical (unpaired) electrons. The number of aryl methyl sites for hydroxylation is 2. The average molecular weight is 467 g/mol. The Kier molecular flexibility index (Phi) is 7.23. The molecule has 0 unspecified atom stereocenters. The number of hydrogen-bond donors (Lipinski definition) is 2. The van der Waals surface area contributed by atoms with Gasteiger partial charge in [-0.2, -0.15) is 5.10 Å². The lowest BCUT2D eigenvalue weighted by Gasteiger charge is -2.20. The summed E-state index contributed by atoms with van der Waals surface area (Å²) in [5, 5.41) is 24.7. The SMILES string of the molecule is Cc1cc(-c2ccnn2C)c2cccc(OCc3c(Cl)cncc3C(CCO)CCO)c2n1. The Bertz CT molecular complexity index is 1250. The first-order chi connectivity index (χ1) is 16.0. The predicted octanol–water partition coefficient (Wildman–Crippen LogP) is 4.42. The van der Waals surface area contributed by atoms with Crippen LogP contribution >= 0.6 is 11.6 Å². The summed E-state index contributed by atoms with van der Waals surface area (Å²) in [5.41, 5.74) is 5.36. The molecule has 3 aromatic heterocycles. The fraction of sp³-hybridized carbons (Fsp3) is 0.320. The number of benzene rings is 1. The molecule has 0 amide bonds. The Balaban J connectivity index is 1.72. The monoisotopic (exact) mass is 466 g/mol. The van der Waals surface area contributed by atoms with Gasteiger partial charge in [-0.05, 0) is 49.4 Å². The molecule has 0 spiro atoms. The lowest BCUT2D eigenvalue weighted by atomic mass is 9.91. The molecule has 0 bridgehead atoms. The third kappa shape index (κ3) is 4.85. The van der Waals surface area contributed by atoms with E-state index in [1.54, 1.807) is 18.6 Å². The van der Waals surface area contributed by atoms with Crippen molar-refractivity contribution in [1.29, 1.82) is 0 Å². The van der Waals surface area contributed by atoms with E-state index in [0.29, 0.717) is 23.6 Å². The topological polar surface area (TPSA) is 93.3 Å². The first kappa shape index (κ1) is 23.2. The minimum absolute atomic E-state index is 0.0147. The second-order valence-corrected chi connectivity index (χ2v) is 8.41. The Morgan fingerprint density at radius 1 is 1.12 bits per heavy atom. The molecule has 0 atom stereocenters. The number of pyridine rings is 2. The van der Waals surface area contributed by atoms with Crippen LogP contribution < -0.4 is 4.74 Å². The maximum atomic E-state index is 9.48. The summed E-state index contributed by atoms with van der Waals surface area (Å²) in [5.74, 6) is 0.591. The van der Waals surface area contributed by atoms with E-state index in [-0.39, 0.29) is 25.7 Å². The second-order valence-electron chi connectivity index (χ2n) is 8.00. The first-order valence-corrected chi connectivity index (χ1v) is 11.3. The quantitative estimate of drug-likeness (QED) is 0.379. The molecule has 0 aliphatic heterocycles. The molecular weight excluding hydrogens is 440 g/mol. The van der Waals surface area contributed by atoms with Crippen LogP contribution in [0, 0.1) is 6.92 Å². The number of aromatic nitrogens is 4. The van der Waals surface area contributed by atoms with Gasteiger partial charge in [-0.15, -0.1) is 0 Å². The number of rotatable bonds is 9. The minimum Gasteiger partial charge on any atom is -0.487 e. The van der Waals surface area contributed by atoms with Crippen LogP contribution in [0.1, 0.15) is 35.6 Å². The smallest absolute Gasteiger partial charge is 0.146 e. The highest BCUT2D eigenvalue weighted by Gasteiger charge is 2.19. The summed E-state index contributed by atoms with van der Waals surface area (Å²) >= 11 is 6.50. The van der Waals surface area contributed by atoms with Gasteiger partial charge in [0.25, 0.3) is 0 Å². The molecule has 172 valence electrons. The van der Waals surface area contributed by atoms with Crippen molar-refractivity contribution >= 4 is 22.5 Å². The zero-order valence-electron chi connectivity index (χ0n) is 18.7. The van der Waals surface area contributed by atoms with E-state index >= 15 is 0 Å². The number of aliphatic hydroxyl groups excluding tert-OH is 2. The average Bonchev–Trinajstić information content (AvgIpc) is 3.23. The lowest BCUT2D eigenvalue weighted by Crippen LogP contribution is -2.10. The third-order valence-corrected chi connectivity index (χ3v) is 6.16. The summed E-state index contributed by atoms with van der Waals surface area (Å²) in [6.45, 7) is 2.21. The molecule has 3 heterocycles. The van der Waals surface area contributed by atoms with E-state index < -0.39 is 0 Å². The normalized spacial score (nSPS) is 11.5. The second kappa shape index (κ2) is 10.3. The molecule has 8 heteroatoms. The van der Waals surface area contributed by atoms with Crippen molar-refractivity contribution in [2.45, 2.75) is 32.3 Å². The third-order valence-electron chi connectivity index (χ3n) is 5.83. The van der Waals surface area contributed by atoms with Crippen LogP contribution in [0.5, 0.6) is 5.75 Å². The van der Waals surface area contributed by atoms with E-state index in [0.717, 1.165) is 39.0 Å². The minimum atomic E-state index is -0.0610. The van der Waals surface area contributed by atoms with Crippen molar-refractivity contribution in [3.8, 4) is 17.0 Å². The molecule has 2 N–H and O–H groups in total. The van der Waals surface area contributed by atoms with Crippen molar-refractivity contribution in [3.63, 3.8) is 0 Å². The molecule has 4 aromatic rings. The van der Waals surface area contributed by atoms with Crippen LogP contribution in [0.4, 0.5) is 0 Å². The summed E-state index contributed by atoms with van der Waals surface area (Å²) in [6.07, 6.45) is 6.13. The van der Waals surface area contributed by atoms with Gasteiger partial charge in [-0.1, -0.05) is 23.7 Å². The number of halogens is 1. The highest BCUT2D eigenvalue weighted by molar-refractivity contribution is 6.31. The fourth-order valence-corrected chi connectivity index (χ4v) is 4.43. The number of para-hydroxylation sites is 1. The van der Waals surface area contributed by atoms with E-state index in [2.05, 4.69) is 16.1 Å². The molecule has 0 aliphatic carbocycles. The van der Waals surface area contributed by atoms with E-state index in [4.69, 9.17) is 21.3 Å². The van der Waals surface area contributed by atoms with Crippen LogP contribution in [-0.4, -0.2) is 43.2 Å². The zero-order chi connectivity index (χ0) is 23.4. The van der Waals surface area contributed by atoms with Gasteiger partial charge in [0.2, 0.25) is 0 Å². The molecule has 1 aromatic carbocycles. The molecule has 0 fully saturated rings. The molecule has 33 heavy (non-hydrogen) atoms. The summed E-state index contributed by atoms with van der Waals surface area (Å²) in [4.78, 5) is 8.98. The largest absolute Gasteiger partial charge is 0.487 e. The molecule has 4 rings (SSSR count). The Hall–Kier alpha value is -3.00. The van der Waals surface area contributed by atoms with Crippen LogP contribution in [0.2, 0.25) is 5.02 Å². The van der Waals surface area contributed by atoms with E-state index in [1.165, 1.54) is 0 Å². The maximum absolute atomic E-state index is 9.48. The van der Waals surface area contributed by atoms with Crippen LogP contribution in [0.15, 0.2) is 48.9 Å². The number of nitrogens with zero attached hydrogens (tertiary/aromatic N) is 4. The Labute approximate surface area is 197 Å². The zero-order valence-corrected chi connectivity index (χ0v) is 19.5. The van der Waals surface area contributed by atoms with Crippen molar-refractivity contribution in [3.05, 3.63) is 70.8 Å². The molecule has 0 saturated carbocycles. The van der Waals surface area contributed by atoms with Crippen molar-refractivity contribution in [2.24, 2.45) is 7.05 Å². The molecule has 7 nitrogen and oxygen atoms in total. The Morgan fingerprint density at radius 3 is 2.61 bits per heavy atom.